The zero-order chi connectivity index (χ0) is 15.0. The molecule has 1 rings (SSSR count). The van der Waals surface area contributed by atoms with Crippen LogP contribution in [-0.4, -0.2) is 49.1 Å². The number of ether oxygens (including phenoxy) is 1. The molecule has 0 aliphatic rings. The van der Waals surface area contributed by atoms with Crippen molar-refractivity contribution in [2.75, 3.05) is 38.7 Å². The molecule has 0 bridgehead atoms. The number of hydrogen-bond acceptors (Lipinski definition) is 4. The van der Waals surface area contributed by atoms with E-state index in [0.29, 0.717) is 25.3 Å². The first kappa shape index (κ1) is 16.4. The maximum absolute atomic E-state index is 12.4. The van der Waals surface area contributed by atoms with E-state index in [1.807, 2.05) is 32.9 Å². The number of rotatable bonds is 8. The molecule has 0 aliphatic heterocycles. The van der Waals surface area contributed by atoms with Gasteiger partial charge in [-0.15, -0.1) is 0 Å². The molecule has 0 saturated carbocycles. The smallest absolute Gasteiger partial charge is 0.253 e. The van der Waals surface area contributed by atoms with Crippen molar-refractivity contribution in [3.05, 3.63) is 23.4 Å². The van der Waals surface area contributed by atoms with Crippen LogP contribution >= 0.6 is 0 Å². The average Bonchev–Trinajstić information content (AvgIpc) is 2.46. The molecule has 1 aromatic rings. The summed E-state index contributed by atoms with van der Waals surface area (Å²) in [7, 11) is 1.79. The SMILES string of the molecule is CCNc1cc(C(=O)N(C)CCOCC)cc(CC)n1. The second-order valence-electron chi connectivity index (χ2n) is 4.54. The van der Waals surface area contributed by atoms with Crippen LogP contribution in [0.2, 0.25) is 0 Å². The fraction of sp³-hybridized carbons (Fsp3) is 0.600. The molecule has 1 heterocycles. The van der Waals surface area contributed by atoms with E-state index in [4.69, 9.17) is 4.74 Å². The van der Waals surface area contributed by atoms with Crippen molar-refractivity contribution in [1.29, 1.82) is 0 Å². The number of pyridine rings is 1. The molecule has 1 aromatic heterocycles. The Morgan fingerprint density at radius 1 is 1.35 bits per heavy atom. The highest BCUT2D eigenvalue weighted by molar-refractivity contribution is 5.94. The van der Waals surface area contributed by atoms with Gasteiger partial charge in [0, 0.05) is 38.0 Å². The third-order valence-corrected chi connectivity index (χ3v) is 2.97. The van der Waals surface area contributed by atoms with Gasteiger partial charge in [-0.25, -0.2) is 4.98 Å². The summed E-state index contributed by atoms with van der Waals surface area (Å²) < 4.78 is 5.28. The van der Waals surface area contributed by atoms with E-state index in [2.05, 4.69) is 10.3 Å². The fourth-order valence-electron chi connectivity index (χ4n) is 1.83. The number of carbonyl (C=O) groups excluding carboxylic acids is 1. The van der Waals surface area contributed by atoms with Crippen LogP contribution in [0, 0.1) is 0 Å². The Morgan fingerprint density at radius 2 is 2.10 bits per heavy atom. The number of aromatic nitrogens is 1. The van der Waals surface area contributed by atoms with E-state index >= 15 is 0 Å². The van der Waals surface area contributed by atoms with Gasteiger partial charge < -0.3 is 15.0 Å². The summed E-state index contributed by atoms with van der Waals surface area (Å²) >= 11 is 0. The molecule has 0 saturated heterocycles. The van der Waals surface area contributed by atoms with Gasteiger partial charge in [-0.05, 0) is 32.4 Å². The standard InChI is InChI=1S/C15H25N3O2/c1-5-13-10-12(11-14(17-13)16-6-2)15(19)18(4)8-9-20-7-3/h10-11H,5-9H2,1-4H3,(H,16,17). The highest BCUT2D eigenvalue weighted by Gasteiger charge is 2.13. The van der Waals surface area contributed by atoms with Gasteiger partial charge in [0.05, 0.1) is 6.61 Å². The first-order valence-electron chi connectivity index (χ1n) is 7.20. The summed E-state index contributed by atoms with van der Waals surface area (Å²) in [5, 5.41) is 3.16. The topological polar surface area (TPSA) is 54.5 Å². The van der Waals surface area contributed by atoms with Crippen molar-refractivity contribution in [2.24, 2.45) is 0 Å². The Balaban J connectivity index is 2.82. The van der Waals surface area contributed by atoms with Gasteiger partial charge in [0.25, 0.3) is 5.91 Å². The van der Waals surface area contributed by atoms with Gasteiger partial charge in [0.1, 0.15) is 5.82 Å². The van der Waals surface area contributed by atoms with E-state index in [1.54, 1.807) is 11.9 Å². The van der Waals surface area contributed by atoms with Gasteiger partial charge >= 0.3 is 0 Å². The largest absolute Gasteiger partial charge is 0.380 e. The lowest BCUT2D eigenvalue weighted by molar-refractivity contribution is 0.0710. The molecular weight excluding hydrogens is 254 g/mol. The predicted molar refractivity (Wildman–Crippen MR) is 81.2 cm³/mol. The van der Waals surface area contributed by atoms with Crippen LogP contribution in [0.25, 0.3) is 0 Å². The van der Waals surface area contributed by atoms with Crippen molar-refractivity contribution in [3.8, 4) is 0 Å². The van der Waals surface area contributed by atoms with Crippen molar-refractivity contribution in [3.63, 3.8) is 0 Å². The van der Waals surface area contributed by atoms with Crippen LogP contribution in [0.3, 0.4) is 0 Å². The first-order chi connectivity index (χ1) is 9.62. The van der Waals surface area contributed by atoms with Crippen molar-refractivity contribution >= 4 is 11.7 Å². The second kappa shape index (κ2) is 8.53. The van der Waals surface area contributed by atoms with Crippen LogP contribution in [0.4, 0.5) is 5.82 Å². The maximum Gasteiger partial charge on any atom is 0.253 e. The molecule has 1 N–H and O–H groups in total. The van der Waals surface area contributed by atoms with Gasteiger partial charge in [-0.2, -0.15) is 0 Å². The third-order valence-electron chi connectivity index (χ3n) is 2.97. The zero-order valence-electron chi connectivity index (χ0n) is 12.9. The highest BCUT2D eigenvalue weighted by Crippen LogP contribution is 2.13. The minimum Gasteiger partial charge on any atom is -0.380 e. The minimum absolute atomic E-state index is 0.000885. The lowest BCUT2D eigenvalue weighted by Crippen LogP contribution is -2.30. The van der Waals surface area contributed by atoms with Gasteiger partial charge in [-0.3, -0.25) is 4.79 Å². The van der Waals surface area contributed by atoms with Gasteiger partial charge in [0.15, 0.2) is 0 Å². The lowest BCUT2D eigenvalue weighted by atomic mass is 10.1. The molecule has 5 heteroatoms. The van der Waals surface area contributed by atoms with E-state index in [-0.39, 0.29) is 5.91 Å². The summed E-state index contributed by atoms with van der Waals surface area (Å²) in [5.74, 6) is 0.759. The quantitative estimate of drug-likeness (QED) is 0.741. The minimum atomic E-state index is 0.000885. The van der Waals surface area contributed by atoms with Crippen LogP contribution in [0.15, 0.2) is 12.1 Å². The zero-order valence-corrected chi connectivity index (χ0v) is 12.9. The first-order valence-corrected chi connectivity index (χ1v) is 7.20. The molecule has 0 atom stereocenters. The summed E-state index contributed by atoms with van der Waals surface area (Å²) in [5.41, 5.74) is 1.59. The van der Waals surface area contributed by atoms with Crippen LogP contribution in [-0.2, 0) is 11.2 Å². The molecule has 0 aliphatic carbocycles. The Morgan fingerprint density at radius 3 is 2.70 bits per heavy atom. The molecule has 1 amide bonds. The number of aryl methyl sites for hydroxylation is 1. The molecule has 112 valence electrons. The number of likely N-dealkylation sites (N-methyl/N-ethyl adjacent to an activating group) is 1. The molecule has 5 nitrogen and oxygen atoms in total. The molecular formula is C15H25N3O2. The molecule has 0 spiro atoms. The maximum atomic E-state index is 12.4. The van der Waals surface area contributed by atoms with Crippen LogP contribution in [0.1, 0.15) is 36.8 Å². The Kier molecular flexibility index (Phi) is 7.01. The molecule has 0 fully saturated rings. The number of anilines is 1. The number of nitrogens with zero attached hydrogens (tertiary/aromatic N) is 2. The summed E-state index contributed by atoms with van der Waals surface area (Å²) in [6, 6.07) is 3.67. The fourth-order valence-corrected chi connectivity index (χ4v) is 1.83. The van der Waals surface area contributed by atoms with E-state index in [1.165, 1.54) is 0 Å². The second-order valence-corrected chi connectivity index (χ2v) is 4.54. The number of amides is 1. The molecule has 0 unspecified atom stereocenters. The van der Waals surface area contributed by atoms with Crippen molar-refractivity contribution in [2.45, 2.75) is 27.2 Å². The molecule has 20 heavy (non-hydrogen) atoms. The third kappa shape index (κ3) is 4.81. The average molecular weight is 279 g/mol. The predicted octanol–water partition coefficient (Wildman–Crippen LogP) is 2.18. The van der Waals surface area contributed by atoms with Gasteiger partial charge in [0.2, 0.25) is 0 Å². The van der Waals surface area contributed by atoms with E-state index < -0.39 is 0 Å². The van der Waals surface area contributed by atoms with Crippen LogP contribution < -0.4 is 5.32 Å². The van der Waals surface area contributed by atoms with E-state index in [0.717, 1.165) is 24.5 Å². The highest BCUT2D eigenvalue weighted by atomic mass is 16.5. The summed E-state index contributed by atoms with van der Waals surface area (Å²) in [6.07, 6.45) is 0.808. The van der Waals surface area contributed by atoms with Gasteiger partial charge in [-0.1, -0.05) is 6.92 Å². The van der Waals surface area contributed by atoms with Crippen LogP contribution in [0.5, 0.6) is 0 Å². The number of carbonyl (C=O) groups is 1. The lowest BCUT2D eigenvalue weighted by Gasteiger charge is -2.18. The number of hydrogen-bond donors (Lipinski definition) is 1. The normalized spacial score (nSPS) is 10.4. The van der Waals surface area contributed by atoms with E-state index in [9.17, 15) is 4.79 Å². The Hall–Kier alpha value is -1.62. The summed E-state index contributed by atoms with van der Waals surface area (Å²) in [4.78, 5) is 18.5. The Labute approximate surface area is 121 Å². The molecule has 0 radical (unpaired) electrons. The van der Waals surface area contributed by atoms with Crippen molar-refractivity contribution in [1.82, 2.24) is 9.88 Å². The number of nitrogens with one attached hydrogen (secondary N) is 1. The van der Waals surface area contributed by atoms with Crippen molar-refractivity contribution < 1.29 is 9.53 Å². The summed E-state index contributed by atoms with van der Waals surface area (Å²) in [6.45, 7) is 8.59. The Bertz CT molecular complexity index is 435. The molecule has 0 aromatic carbocycles. The monoisotopic (exact) mass is 279 g/mol.